The van der Waals surface area contributed by atoms with Crippen molar-refractivity contribution in [2.75, 3.05) is 32.7 Å². The predicted octanol–water partition coefficient (Wildman–Crippen LogP) is 3.30. The molecule has 48 heavy (non-hydrogen) atoms. The number of carboxylic acids is 1. The van der Waals surface area contributed by atoms with Crippen LogP contribution in [0.3, 0.4) is 0 Å². The summed E-state index contributed by atoms with van der Waals surface area (Å²) in [6, 6.07) is 10.5. The molecule has 2 atom stereocenters. The van der Waals surface area contributed by atoms with E-state index in [1.54, 1.807) is 29.4 Å². The summed E-state index contributed by atoms with van der Waals surface area (Å²) in [6.07, 6.45) is -0.788. The zero-order valence-electron chi connectivity index (χ0n) is 28.0. The molecule has 4 N–H and O–H groups in total. The number of aromatic hydroxyl groups is 2. The molecule has 1 aromatic heterocycles. The minimum absolute atomic E-state index is 0.0295. The Bertz CT molecular complexity index is 1630. The lowest BCUT2D eigenvalue weighted by molar-refractivity contribution is -0.165. The topological polar surface area (TPSA) is 187 Å². The number of carbonyl (C=O) groups excluding carboxylic acids is 3. The van der Waals surface area contributed by atoms with E-state index in [1.807, 2.05) is 38.1 Å². The Balaban J connectivity index is 1.41. The molecule has 0 saturated carbocycles. The number of aliphatic carboxylic acids is 1. The number of carbonyl (C=O) groups is 4. The van der Waals surface area contributed by atoms with Crippen molar-refractivity contribution in [1.29, 1.82) is 0 Å². The van der Waals surface area contributed by atoms with Gasteiger partial charge in [0.1, 0.15) is 11.5 Å². The average molecular weight is 665 g/mol. The van der Waals surface area contributed by atoms with Gasteiger partial charge in [0.25, 0.3) is 5.91 Å². The van der Waals surface area contributed by atoms with E-state index in [0.29, 0.717) is 56.1 Å². The second-order valence-electron chi connectivity index (χ2n) is 12.3. The van der Waals surface area contributed by atoms with Gasteiger partial charge in [0.15, 0.2) is 11.9 Å². The number of nitrogens with one attached hydrogen (secondary N) is 1. The Morgan fingerprint density at radius 3 is 2.21 bits per heavy atom. The number of esters is 1. The fraction of sp³-hybridized carbons (Fsp3) is 0.471. The molecule has 2 amide bonds. The van der Waals surface area contributed by atoms with Crippen LogP contribution >= 0.6 is 0 Å². The van der Waals surface area contributed by atoms with Crippen molar-refractivity contribution in [3.63, 3.8) is 0 Å². The molecule has 1 saturated heterocycles. The second-order valence-corrected chi connectivity index (χ2v) is 12.3. The summed E-state index contributed by atoms with van der Waals surface area (Å²) < 4.78 is 6.50. The normalized spacial score (nSPS) is 14.8. The molecular weight excluding hydrogens is 620 g/mol. The van der Waals surface area contributed by atoms with Crippen molar-refractivity contribution in [2.45, 2.75) is 66.0 Å². The quantitative estimate of drug-likeness (QED) is 0.196. The second kappa shape index (κ2) is 15.7. The van der Waals surface area contributed by atoms with Gasteiger partial charge in [0.2, 0.25) is 11.7 Å². The molecule has 14 nitrogen and oxygen atoms in total. The molecule has 2 unspecified atom stereocenters. The standard InChI is InChI=1S/C34H44N6O8/c1-6-35-32(44)31-37-36-30(26-17-25(20(2)3)27(41)18-28(26)42)40(31)24-10-8-23(9-11-24)19-38-13-15-39(16-14-38)29(43)12-7-21(4)34(47)48-22(5)33(45)46/h8-11,17-18,20-22,41-42H,6-7,12-16,19H2,1-5H3,(H,35,44)(H,45,46). The maximum Gasteiger partial charge on any atom is 0.344 e. The number of carboxylic acid groups (broad SMARTS) is 1. The molecule has 258 valence electrons. The summed E-state index contributed by atoms with van der Waals surface area (Å²) in [6.45, 7) is 12.0. The summed E-state index contributed by atoms with van der Waals surface area (Å²) in [5.74, 6) is -2.86. The van der Waals surface area contributed by atoms with Gasteiger partial charge in [0.05, 0.1) is 11.5 Å². The average Bonchev–Trinajstić information content (AvgIpc) is 3.49. The van der Waals surface area contributed by atoms with E-state index in [-0.39, 0.29) is 47.8 Å². The third-order valence-corrected chi connectivity index (χ3v) is 8.37. The van der Waals surface area contributed by atoms with Crippen LogP contribution in [0.1, 0.15) is 75.1 Å². The minimum Gasteiger partial charge on any atom is -0.508 e. The fourth-order valence-electron chi connectivity index (χ4n) is 5.45. The Morgan fingerprint density at radius 1 is 0.938 bits per heavy atom. The maximum absolute atomic E-state index is 13.0. The molecule has 14 heteroatoms. The van der Waals surface area contributed by atoms with E-state index >= 15 is 0 Å². The molecule has 1 aliphatic rings. The van der Waals surface area contributed by atoms with Crippen molar-refractivity contribution >= 4 is 23.8 Å². The summed E-state index contributed by atoms with van der Waals surface area (Å²) >= 11 is 0. The van der Waals surface area contributed by atoms with Crippen LogP contribution in [0.2, 0.25) is 0 Å². The van der Waals surface area contributed by atoms with E-state index in [4.69, 9.17) is 9.84 Å². The van der Waals surface area contributed by atoms with Gasteiger partial charge in [-0.25, -0.2) is 4.79 Å². The first-order chi connectivity index (χ1) is 22.8. The van der Waals surface area contributed by atoms with Crippen LogP contribution in [-0.4, -0.2) is 102 Å². The maximum atomic E-state index is 13.0. The van der Waals surface area contributed by atoms with Crippen LogP contribution in [-0.2, 0) is 25.7 Å². The third kappa shape index (κ3) is 8.48. The number of nitrogens with zero attached hydrogens (tertiary/aromatic N) is 5. The Kier molecular flexibility index (Phi) is 11.8. The molecule has 0 aliphatic carbocycles. The molecule has 0 bridgehead atoms. The number of ether oxygens (including phenoxy) is 1. The molecule has 0 radical (unpaired) electrons. The molecule has 3 aromatic rings. The lowest BCUT2D eigenvalue weighted by Gasteiger charge is -2.35. The molecule has 4 rings (SSSR count). The number of aromatic nitrogens is 3. The summed E-state index contributed by atoms with van der Waals surface area (Å²) in [7, 11) is 0. The molecule has 0 spiro atoms. The number of hydrogen-bond acceptors (Lipinski definition) is 10. The molecule has 2 aromatic carbocycles. The van der Waals surface area contributed by atoms with Crippen molar-refractivity contribution < 1.29 is 39.2 Å². The van der Waals surface area contributed by atoms with Crippen LogP contribution in [0, 0.1) is 5.92 Å². The largest absolute Gasteiger partial charge is 0.508 e. The highest BCUT2D eigenvalue weighted by Crippen LogP contribution is 2.38. The summed E-state index contributed by atoms with van der Waals surface area (Å²) in [4.78, 5) is 52.8. The number of benzene rings is 2. The first-order valence-electron chi connectivity index (χ1n) is 16.1. The van der Waals surface area contributed by atoms with Gasteiger partial charge >= 0.3 is 11.9 Å². The smallest absolute Gasteiger partial charge is 0.344 e. The lowest BCUT2D eigenvalue weighted by atomic mass is 9.98. The van der Waals surface area contributed by atoms with Gasteiger partial charge in [-0.3, -0.25) is 23.9 Å². The summed E-state index contributed by atoms with van der Waals surface area (Å²) in [5, 5.41) is 41.2. The van der Waals surface area contributed by atoms with Gasteiger partial charge < -0.3 is 30.3 Å². The van der Waals surface area contributed by atoms with Crippen LogP contribution in [0.25, 0.3) is 17.1 Å². The van der Waals surface area contributed by atoms with E-state index < -0.39 is 29.9 Å². The van der Waals surface area contributed by atoms with E-state index in [1.165, 1.54) is 13.0 Å². The molecule has 1 fully saturated rings. The monoisotopic (exact) mass is 664 g/mol. The highest BCUT2D eigenvalue weighted by Gasteiger charge is 2.26. The Morgan fingerprint density at radius 2 is 1.60 bits per heavy atom. The van der Waals surface area contributed by atoms with Gasteiger partial charge in [-0.2, -0.15) is 0 Å². The Labute approximate surface area is 279 Å². The van der Waals surface area contributed by atoms with E-state index in [9.17, 15) is 29.4 Å². The zero-order valence-corrected chi connectivity index (χ0v) is 28.0. The van der Waals surface area contributed by atoms with Crippen molar-refractivity contribution in [3.8, 4) is 28.6 Å². The molecule has 2 heterocycles. The number of hydrogen-bond donors (Lipinski definition) is 4. The summed E-state index contributed by atoms with van der Waals surface area (Å²) in [5.41, 5.74) is 2.59. The minimum atomic E-state index is -1.23. The number of amides is 2. The lowest BCUT2D eigenvalue weighted by Crippen LogP contribution is -2.48. The van der Waals surface area contributed by atoms with Gasteiger partial charge in [-0.1, -0.05) is 32.9 Å². The number of rotatable bonds is 13. The van der Waals surface area contributed by atoms with Gasteiger partial charge in [-0.15, -0.1) is 10.2 Å². The van der Waals surface area contributed by atoms with Crippen molar-refractivity contribution in [2.24, 2.45) is 5.92 Å². The highest BCUT2D eigenvalue weighted by atomic mass is 16.6. The van der Waals surface area contributed by atoms with Crippen LogP contribution in [0.4, 0.5) is 0 Å². The van der Waals surface area contributed by atoms with Crippen molar-refractivity contribution in [3.05, 3.63) is 53.3 Å². The highest BCUT2D eigenvalue weighted by molar-refractivity contribution is 5.92. The number of piperazine rings is 1. The fourth-order valence-corrected chi connectivity index (χ4v) is 5.45. The van der Waals surface area contributed by atoms with E-state index in [0.717, 1.165) is 5.56 Å². The molecule has 1 aliphatic heterocycles. The first-order valence-corrected chi connectivity index (χ1v) is 16.1. The van der Waals surface area contributed by atoms with Crippen LogP contribution in [0.15, 0.2) is 36.4 Å². The van der Waals surface area contributed by atoms with Crippen molar-refractivity contribution in [1.82, 2.24) is 29.9 Å². The molecular formula is C34H44N6O8. The first kappa shape index (κ1) is 35.9. The van der Waals surface area contributed by atoms with Gasteiger partial charge in [0, 0.05) is 57.4 Å². The SMILES string of the molecule is CCNC(=O)c1nnc(-c2cc(C(C)C)c(O)cc2O)n1-c1ccc(CN2CCN(C(=O)CCC(C)C(=O)OC(C)C(=O)O)CC2)cc1. The van der Waals surface area contributed by atoms with Gasteiger partial charge in [-0.05, 0) is 55.5 Å². The Hall–Kier alpha value is -4.98. The number of phenols is 2. The zero-order chi connectivity index (χ0) is 35.1. The third-order valence-electron chi connectivity index (χ3n) is 8.37. The predicted molar refractivity (Wildman–Crippen MR) is 176 cm³/mol. The van der Waals surface area contributed by atoms with Crippen LogP contribution < -0.4 is 5.32 Å². The van der Waals surface area contributed by atoms with Crippen LogP contribution in [0.5, 0.6) is 11.5 Å². The number of phenolic OH excluding ortho intramolecular Hbond substituents is 2. The van der Waals surface area contributed by atoms with E-state index in [2.05, 4.69) is 20.4 Å².